The van der Waals surface area contributed by atoms with E-state index in [1.54, 1.807) is 0 Å². The fourth-order valence-corrected chi connectivity index (χ4v) is 5.33. The lowest BCUT2D eigenvalue weighted by Crippen LogP contribution is -2.48. The number of nitrogens with zero attached hydrogens (tertiary/aromatic N) is 6. The van der Waals surface area contributed by atoms with Crippen LogP contribution in [-0.2, 0) is 19.6 Å². The van der Waals surface area contributed by atoms with E-state index in [1.165, 1.54) is 0 Å². The minimum absolute atomic E-state index is 0.112. The molecule has 0 saturated carbocycles. The summed E-state index contributed by atoms with van der Waals surface area (Å²) in [4.78, 5) is 22.2. The Morgan fingerprint density at radius 3 is 2.83 bits per heavy atom. The standard InChI is InChI=1S/C21H29FN6O/c1-3-28-21(23-14(2)24-28)26-9-15-8-17(12-26)19-5-4-16(20(29)27(19)10-15)11-25-7-6-18(22)13-25/h4-5,15,17-18H,3,6-13H2,1-2H3/t15-,17+,18+/m0/s1. The van der Waals surface area contributed by atoms with Gasteiger partial charge in [-0.05, 0) is 38.7 Å². The lowest BCUT2D eigenvalue weighted by molar-refractivity contribution is 0.269. The Morgan fingerprint density at radius 2 is 2.07 bits per heavy atom. The van der Waals surface area contributed by atoms with E-state index < -0.39 is 6.17 Å². The van der Waals surface area contributed by atoms with Gasteiger partial charge < -0.3 is 9.47 Å². The highest BCUT2D eigenvalue weighted by Crippen LogP contribution is 2.36. The van der Waals surface area contributed by atoms with Crippen LogP contribution in [0.4, 0.5) is 10.3 Å². The van der Waals surface area contributed by atoms with E-state index in [0.29, 0.717) is 31.3 Å². The molecule has 0 aliphatic carbocycles. The molecule has 2 fully saturated rings. The smallest absolute Gasteiger partial charge is 0.255 e. The summed E-state index contributed by atoms with van der Waals surface area (Å²) in [5.41, 5.74) is 2.03. The van der Waals surface area contributed by atoms with E-state index in [9.17, 15) is 9.18 Å². The Bertz CT molecular complexity index is 969. The van der Waals surface area contributed by atoms with Gasteiger partial charge in [0.25, 0.3) is 5.56 Å². The molecule has 156 valence electrons. The average molecular weight is 401 g/mol. The molecule has 0 unspecified atom stereocenters. The van der Waals surface area contributed by atoms with Crippen LogP contribution in [0, 0.1) is 12.8 Å². The molecule has 5 rings (SSSR count). The number of hydrogen-bond donors (Lipinski definition) is 0. The summed E-state index contributed by atoms with van der Waals surface area (Å²) in [6, 6.07) is 4.09. The normalized spacial score (nSPS) is 26.7. The first-order chi connectivity index (χ1) is 14.0. The molecular weight excluding hydrogens is 371 g/mol. The number of halogens is 1. The van der Waals surface area contributed by atoms with E-state index in [1.807, 2.05) is 22.2 Å². The van der Waals surface area contributed by atoms with Crippen LogP contribution in [0.15, 0.2) is 16.9 Å². The second-order valence-corrected chi connectivity index (χ2v) is 8.80. The number of rotatable bonds is 4. The minimum atomic E-state index is -0.755. The summed E-state index contributed by atoms with van der Waals surface area (Å²) in [5.74, 6) is 2.50. The van der Waals surface area contributed by atoms with Crippen LogP contribution in [-0.4, -0.2) is 56.6 Å². The molecule has 0 spiro atoms. The van der Waals surface area contributed by atoms with E-state index in [-0.39, 0.29) is 5.56 Å². The van der Waals surface area contributed by atoms with E-state index in [2.05, 4.69) is 32.9 Å². The third-order valence-electron chi connectivity index (χ3n) is 6.63. The Kier molecular flexibility index (Phi) is 4.69. The predicted molar refractivity (Wildman–Crippen MR) is 109 cm³/mol. The highest BCUT2D eigenvalue weighted by atomic mass is 19.1. The maximum Gasteiger partial charge on any atom is 0.255 e. The van der Waals surface area contributed by atoms with Crippen molar-refractivity contribution < 1.29 is 4.39 Å². The monoisotopic (exact) mass is 400 g/mol. The summed E-state index contributed by atoms with van der Waals surface area (Å²) in [7, 11) is 0. The fourth-order valence-electron chi connectivity index (χ4n) is 5.33. The molecule has 2 bridgehead atoms. The maximum absolute atomic E-state index is 13.5. The quantitative estimate of drug-likeness (QED) is 0.785. The van der Waals surface area contributed by atoms with Crippen molar-refractivity contribution in [2.45, 2.75) is 58.4 Å². The molecule has 7 nitrogen and oxygen atoms in total. The van der Waals surface area contributed by atoms with Gasteiger partial charge in [0.1, 0.15) is 12.0 Å². The Labute approximate surface area is 170 Å². The average Bonchev–Trinajstić information content (AvgIpc) is 3.29. The van der Waals surface area contributed by atoms with Gasteiger partial charge in [-0.2, -0.15) is 10.1 Å². The minimum Gasteiger partial charge on any atom is -0.340 e. The number of anilines is 1. The molecule has 29 heavy (non-hydrogen) atoms. The van der Waals surface area contributed by atoms with Crippen molar-refractivity contribution in [2.75, 3.05) is 31.1 Å². The van der Waals surface area contributed by atoms with Crippen LogP contribution in [0.1, 0.15) is 42.8 Å². The van der Waals surface area contributed by atoms with Crippen molar-refractivity contribution in [1.29, 1.82) is 0 Å². The van der Waals surface area contributed by atoms with Crippen LogP contribution in [0.5, 0.6) is 0 Å². The van der Waals surface area contributed by atoms with Crippen molar-refractivity contribution in [1.82, 2.24) is 24.2 Å². The SMILES string of the molecule is CCn1nc(C)nc1N1C[C@@H]2C[C@H](C1)c1ccc(CN3CC[C@@H](F)C3)c(=O)n1C2. The molecule has 0 aromatic carbocycles. The molecule has 0 amide bonds. The van der Waals surface area contributed by atoms with Gasteiger partial charge in [0.15, 0.2) is 0 Å². The molecule has 8 heteroatoms. The maximum atomic E-state index is 13.5. The Morgan fingerprint density at radius 1 is 1.21 bits per heavy atom. The first-order valence-corrected chi connectivity index (χ1v) is 10.8. The number of alkyl halides is 1. The second-order valence-electron chi connectivity index (χ2n) is 8.80. The highest BCUT2D eigenvalue weighted by molar-refractivity contribution is 5.35. The van der Waals surface area contributed by atoms with Gasteiger partial charge in [-0.3, -0.25) is 9.69 Å². The van der Waals surface area contributed by atoms with Crippen LogP contribution < -0.4 is 10.5 Å². The summed E-state index contributed by atoms with van der Waals surface area (Å²) in [6.45, 7) is 9.08. The van der Waals surface area contributed by atoms with E-state index in [0.717, 1.165) is 62.2 Å². The topological polar surface area (TPSA) is 59.2 Å². The number of pyridine rings is 1. The van der Waals surface area contributed by atoms with Crippen molar-refractivity contribution >= 4 is 5.95 Å². The van der Waals surface area contributed by atoms with Crippen LogP contribution in [0.2, 0.25) is 0 Å². The summed E-state index contributed by atoms with van der Waals surface area (Å²) >= 11 is 0. The molecule has 3 aliphatic rings. The zero-order valence-electron chi connectivity index (χ0n) is 17.2. The summed E-state index contributed by atoms with van der Waals surface area (Å²) < 4.78 is 17.5. The molecule has 2 aromatic heterocycles. The summed E-state index contributed by atoms with van der Waals surface area (Å²) in [6.07, 6.45) is 0.938. The summed E-state index contributed by atoms with van der Waals surface area (Å²) in [5, 5.41) is 4.50. The molecule has 3 atom stereocenters. The lowest BCUT2D eigenvalue weighted by atomic mass is 9.83. The molecule has 3 aliphatic heterocycles. The number of aromatic nitrogens is 4. The van der Waals surface area contributed by atoms with Gasteiger partial charge in [0, 0.05) is 63.0 Å². The third kappa shape index (κ3) is 3.37. The van der Waals surface area contributed by atoms with Gasteiger partial charge in [-0.15, -0.1) is 0 Å². The molecule has 2 saturated heterocycles. The van der Waals surface area contributed by atoms with E-state index in [4.69, 9.17) is 0 Å². The fraction of sp³-hybridized carbons (Fsp3) is 0.667. The number of fused-ring (bicyclic) bond motifs is 4. The van der Waals surface area contributed by atoms with Crippen LogP contribution in [0.3, 0.4) is 0 Å². The number of piperidine rings is 1. The highest BCUT2D eigenvalue weighted by Gasteiger charge is 2.36. The molecule has 0 radical (unpaired) electrons. The molecular formula is C21H29FN6O. The first-order valence-electron chi connectivity index (χ1n) is 10.8. The Balaban J connectivity index is 1.40. The largest absolute Gasteiger partial charge is 0.340 e. The van der Waals surface area contributed by atoms with Crippen molar-refractivity contribution in [3.63, 3.8) is 0 Å². The van der Waals surface area contributed by atoms with Crippen molar-refractivity contribution in [3.8, 4) is 0 Å². The number of aryl methyl sites for hydroxylation is 2. The number of likely N-dealkylation sites (tertiary alicyclic amines) is 1. The van der Waals surface area contributed by atoms with Crippen LogP contribution >= 0.6 is 0 Å². The molecule has 5 heterocycles. The lowest BCUT2D eigenvalue weighted by Gasteiger charge is -2.43. The number of hydrogen-bond acceptors (Lipinski definition) is 5. The van der Waals surface area contributed by atoms with Gasteiger partial charge in [0.05, 0.1) is 0 Å². The van der Waals surface area contributed by atoms with Crippen molar-refractivity contribution in [3.05, 3.63) is 39.6 Å². The van der Waals surface area contributed by atoms with Crippen LogP contribution in [0.25, 0.3) is 0 Å². The van der Waals surface area contributed by atoms with Gasteiger partial charge in [-0.25, -0.2) is 9.07 Å². The molecule has 2 aromatic rings. The van der Waals surface area contributed by atoms with E-state index >= 15 is 0 Å². The van der Waals surface area contributed by atoms with Crippen molar-refractivity contribution in [2.24, 2.45) is 5.92 Å². The Hall–Kier alpha value is -2.22. The second kappa shape index (κ2) is 7.23. The first kappa shape index (κ1) is 18.8. The van der Waals surface area contributed by atoms with Gasteiger partial charge in [-0.1, -0.05) is 6.07 Å². The molecule has 0 N–H and O–H groups in total. The zero-order chi connectivity index (χ0) is 20.1. The predicted octanol–water partition coefficient (Wildman–Crippen LogP) is 1.94. The zero-order valence-corrected chi connectivity index (χ0v) is 17.2. The van der Waals surface area contributed by atoms with Gasteiger partial charge >= 0.3 is 0 Å². The third-order valence-corrected chi connectivity index (χ3v) is 6.63. The van der Waals surface area contributed by atoms with Gasteiger partial charge in [0.2, 0.25) is 5.95 Å².